The van der Waals surface area contributed by atoms with Crippen molar-refractivity contribution in [2.45, 2.75) is 32.7 Å². The number of rotatable bonds is 3. The second-order valence-corrected chi connectivity index (χ2v) is 4.61. The van der Waals surface area contributed by atoms with E-state index in [0.29, 0.717) is 11.5 Å². The molecule has 0 aliphatic heterocycles. The molecule has 1 saturated carbocycles. The first-order chi connectivity index (χ1) is 6.65. The molecule has 1 N–H and O–H groups in total. The van der Waals surface area contributed by atoms with Gasteiger partial charge in [-0.1, -0.05) is 13.0 Å². The lowest BCUT2D eigenvalue weighted by atomic mass is 9.93. The molecular weight excluding hydrogens is 172 g/mol. The summed E-state index contributed by atoms with van der Waals surface area (Å²) in [6.07, 6.45) is 4.65. The van der Waals surface area contributed by atoms with Crippen LogP contribution < -0.4 is 5.32 Å². The number of hydrogen-bond donors (Lipinski definition) is 1. The molecule has 0 aromatic carbocycles. The van der Waals surface area contributed by atoms with Crippen molar-refractivity contribution in [2.75, 3.05) is 7.05 Å². The van der Waals surface area contributed by atoms with Gasteiger partial charge < -0.3 is 5.32 Å². The summed E-state index contributed by atoms with van der Waals surface area (Å²) < 4.78 is 0. The van der Waals surface area contributed by atoms with E-state index in [9.17, 15) is 0 Å². The quantitative estimate of drug-likeness (QED) is 0.792. The Bertz CT molecular complexity index is 312. The number of nitrogens with zero attached hydrogens (tertiary/aromatic N) is 1. The van der Waals surface area contributed by atoms with Crippen molar-refractivity contribution in [1.29, 1.82) is 0 Å². The van der Waals surface area contributed by atoms with Gasteiger partial charge in [-0.3, -0.25) is 4.98 Å². The fraction of sp³-hybridized carbons (Fsp3) is 0.583. The number of hydrogen-bond acceptors (Lipinski definition) is 2. The van der Waals surface area contributed by atoms with E-state index in [4.69, 9.17) is 0 Å². The maximum atomic E-state index is 4.35. The highest BCUT2D eigenvalue weighted by atomic mass is 14.9. The third kappa shape index (κ3) is 1.67. The number of aryl methyl sites for hydroxylation is 1. The fourth-order valence-electron chi connectivity index (χ4n) is 2.05. The smallest absolute Gasteiger partial charge is 0.0387 e. The standard InChI is InChI=1S/C12H18N2/c1-9-4-5-10(8-14-9)11(13-3)12(2)6-7-12/h4-5,8,11,13H,6-7H2,1-3H3. The first-order valence-corrected chi connectivity index (χ1v) is 5.25. The summed E-state index contributed by atoms with van der Waals surface area (Å²) in [5.41, 5.74) is 2.87. The molecule has 1 aromatic rings. The largest absolute Gasteiger partial charge is 0.312 e. The Morgan fingerprint density at radius 2 is 2.14 bits per heavy atom. The van der Waals surface area contributed by atoms with Crippen molar-refractivity contribution in [1.82, 2.24) is 10.3 Å². The molecule has 76 valence electrons. The van der Waals surface area contributed by atoms with Gasteiger partial charge in [0.15, 0.2) is 0 Å². The van der Waals surface area contributed by atoms with Crippen LogP contribution in [0.3, 0.4) is 0 Å². The lowest BCUT2D eigenvalue weighted by molar-refractivity contribution is 0.389. The second-order valence-electron chi connectivity index (χ2n) is 4.61. The molecule has 0 saturated heterocycles. The van der Waals surface area contributed by atoms with E-state index in [1.165, 1.54) is 18.4 Å². The Labute approximate surface area is 85.7 Å². The van der Waals surface area contributed by atoms with Gasteiger partial charge in [-0.15, -0.1) is 0 Å². The van der Waals surface area contributed by atoms with E-state index in [-0.39, 0.29) is 0 Å². The molecule has 0 amide bonds. The molecule has 1 atom stereocenters. The van der Waals surface area contributed by atoms with E-state index in [1.807, 2.05) is 20.2 Å². The Kier molecular flexibility index (Phi) is 2.31. The first kappa shape index (κ1) is 9.66. The molecule has 1 aromatic heterocycles. The predicted octanol–water partition coefficient (Wildman–Crippen LogP) is 2.45. The zero-order valence-corrected chi connectivity index (χ0v) is 9.17. The van der Waals surface area contributed by atoms with Gasteiger partial charge in [0, 0.05) is 17.9 Å². The van der Waals surface area contributed by atoms with E-state index in [1.54, 1.807) is 0 Å². The topological polar surface area (TPSA) is 24.9 Å². The van der Waals surface area contributed by atoms with Gasteiger partial charge in [0.05, 0.1) is 0 Å². The molecule has 1 heterocycles. The maximum absolute atomic E-state index is 4.35. The van der Waals surface area contributed by atoms with Crippen LogP contribution in [0.1, 0.15) is 37.1 Å². The molecule has 1 fully saturated rings. The summed E-state index contributed by atoms with van der Waals surface area (Å²) in [5, 5.41) is 3.40. The Morgan fingerprint density at radius 3 is 2.57 bits per heavy atom. The zero-order chi connectivity index (χ0) is 10.2. The third-order valence-electron chi connectivity index (χ3n) is 3.29. The van der Waals surface area contributed by atoms with Crippen molar-refractivity contribution in [3.05, 3.63) is 29.6 Å². The maximum Gasteiger partial charge on any atom is 0.0387 e. The van der Waals surface area contributed by atoms with E-state index in [0.717, 1.165) is 5.69 Å². The van der Waals surface area contributed by atoms with Crippen LogP contribution in [0.25, 0.3) is 0 Å². The van der Waals surface area contributed by atoms with Crippen LogP contribution in [-0.2, 0) is 0 Å². The minimum absolute atomic E-state index is 0.464. The minimum atomic E-state index is 0.464. The summed E-state index contributed by atoms with van der Waals surface area (Å²) in [6, 6.07) is 4.74. The van der Waals surface area contributed by atoms with Crippen LogP contribution in [0, 0.1) is 12.3 Å². The zero-order valence-electron chi connectivity index (χ0n) is 9.17. The Morgan fingerprint density at radius 1 is 1.43 bits per heavy atom. The number of nitrogens with one attached hydrogen (secondary N) is 1. The summed E-state index contributed by atoms with van der Waals surface area (Å²) in [7, 11) is 2.04. The third-order valence-corrected chi connectivity index (χ3v) is 3.29. The number of pyridine rings is 1. The molecule has 0 bridgehead atoms. The van der Waals surface area contributed by atoms with Crippen LogP contribution in [0.15, 0.2) is 18.3 Å². The molecule has 0 radical (unpaired) electrons. The fourth-order valence-corrected chi connectivity index (χ4v) is 2.05. The summed E-state index contributed by atoms with van der Waals surface area (Å²) in [6.45, 7) is 4.37. The summed E-state index contributed by atoms with van der Waals surface area (Å²) in [5.74, 6) is 0. The lowest BCUT2D eigenvalue weighted by Gasteiger charge is -2.23. The van der Waals surface area contributed by atoms with E-state index in [2.05, 4.69) is 29.4 Å². The van der Waals surface area contributed by atoms with Gasteiger partial charge in [-0.05, 0) is 43.9 Å². The Balaban J connectivity index is 2.23. The second kappa shape index (κ2) is 3.35. The van der Waals surface area contributed by atoms with E-state index >= 15 is 0 Å². The first-order valence-electron chi connectivity index (χ1n) is 5.25. The van der Waals surface area contributed by atoms with Gasteiger partial charge >= 0.3 is 0 Å². The molecule has 0 spiro atoms. The monoisotopic (exact) mass is 190 g/mol. The molecule has 2 nitrogen and oxygen atoms in total. The molecule has 1 aliphatic rings. The van der Waals surface area contributed by atoms with E-state index < -0.39 is 0 Å². The predicted molar refractivity (Wildman–Crippen MR) is 58.1 cm³/mol. The highest BCUT2D eigenvalue weighted by Gasteiger charge is 2.44. The molecule has 2 rings (SSSR count). The minimum Gasteiger partial charge on any atom is -0.312 e. The van der Waals surface area contributed by atoms with Gasteiger partial charge in [0.1, 0.15) is 0 Å². The lowest BCUT2D eigenvalue weighted by Crippen LogP contribution is -2.24. The van der Waals surface area contributed by atoms with Gasteiger partial charge in [-0.25, -0.2) is 0 Å². The van der Waals surface area contributed by atoms with Crippen LogP contribution in [0.5, 0.6) is 0 Å². The van der Waals surface area contributed by atoms with Crippen molar-refractivity contribution >= 4 is 0 Å². The summed E-state index contributed by atoms with van der Waals surface area (Å²) >= 11 is 0. The van der Waals surface area contributed by atoms with Crippen LogP contribution in [0.4, 0.5) is 0 Å². The van der Waals surface area contributed by atoms with Crippen LogP contribution in [0.2, 0.25) is 0 Å². The Hall–Kier alpha value is -0.890. The van der Waals surface area contributed by atoms with Crippen molar-refractivity contribution in [2.24, 2.45) is 5.41 Å². The molecule has 2 heteroatoms. The average Bonchev–Trinajstić information content (AvgIpc) is 2.89. The molecular formula is C12H18N2. The molecule has 1 unspecified atom stereocenters. The van der Waals surface area contributed by atoms with Crippen molar-refractivity contribution in [3.8, 4) is 0 Å². The van der Waals surface area contributed by atoms with Crippen molar-refractivity contribution in [3.63, 3.8) is 0 Å². The van der Waals surface area contributed by atoms with Gasteiger partial charge in [0.2, 0.25) is 0 Å². The highest BCUT2D eigenvalue weighted by Crippen LogP contribution is 2.54. The molecule has 1 aliphatic carbocycles. The van der Waals surface area contributed by atoms with Crippen molar-refractivity contribution < 1.29 is 0 Å². The van der Waals surface area contributed by atoms with Gasteiger partial charge in [0.25, 0.3) is 0 Å². The number of aromatic nitrogens is 1. The van der Waals surface area contributed by atoms with Crippen LogP contribution >= 0.6 is 0 Å². The normalized spacial score (nSPS) is 20.5. The molecule has 14 heavy (non-hydrogen) atoms. The summed E-state index contributed by atoms with van der Waals surface area (Å²) in [4.78, 5) is 4.35. The van der Waals surface area contributed by atoms with Crippen LogP contribution in [-0.4, -0.2) is 12.0 Å². The highest BCUT2D eigenvalue weighted by molar-refractivity contribution is 5.21. The average molecular weight is 190 g/mol. The van der Waals surface area contributed by atoms with Gasteiger partial charge in [-0.2, -0.15) is 0 Å². The SMILES string of the molecule is CNC(c1ccc(C)nc1)C1(C)CC1.